The van der Waals surface area contributed by atoms with E-state index >= 15 is 0 Å². The molecule has 6 nitrogen and oxygen atoms in total. The number of carboxylic acid groups (broad SMARTS) is 1. The van der Waals surface area contributed by atoms with Gasteiger partial charge in [0.25, 0.3) is 0 Å². The summed E-state index contributed by atoms with van der Waals surface area (Å²) in [6.45, 7) is 5.19. The molecule has 0 unspecified atom stereocenters. The minimum Gasteiger partial charge on any atom is -0.486 e. The molecule has 5 aromatic rings. The number of rotatable bonds is 7. The first-order valence-electron chi connectivity index (χ1n) is 11.4. The van der Waals surface area contributed by atoms with Crippen LogP contribution >= 0.6 is 0 Å². The first-order valence-corrected chi connectivity index (χ1v) is 11.4. The molecule has 0 amide bonds. The fraction of sp³-hybridized carbons (Fsp3) is 0.138. The van der Waals surface area contributed by atoms with Gasteiger partial charge in [-0.3, -0.25) is 4.98 Å². The number of aromatic nitrogens is 3. The molecule has 5 rings (SSSR count). The van der Waals surface area contributed by atoms with Crippen molar-refractivity contribution in [1.82, 2.24) is 14.5 Å². The molecule has 174 valence electrons. The summed E-state index contributed by atoms with van der Waals surface area (Å²) < 4.78 is 8.23. The molecule has 0 fully saturated rings. The third kappa shape index (κ3) is 4.64. The fourth-order valence-corrected chi connectivity index (χ4v) is 4.28. The van der Waals surface area contributed by atoms with Crippen LogP contribution < -0.4 is 4.74 Å². The third-order valence-corrected chi connectivity index (χ3v) is 6.27. The van der Waals surface area contributed by atoms with Crippen LogP contribution in [0.1, 0.15) is 32.9 Å². The summed E-state index contributed by atoms with van der Waals surface area (Å²) in [7, 11) is 0. The highest BCUT2D eigenvalue weighted by Crippen LogP contribution is 2.27. The Bertz CT molecular complexity index is 1490. The van der Waals surface area contributed by atoms with E-state index in [0.717, 1.165) is 28.0 Å². The molecule has 35 heavy (non-hydrogen) atoms. The van der Waals surface area contributed by atoms with E-state index in [0.29, 0.717) is 12.3 Å². The lowest BCUT2D eigenvalue weighted by Crippen LogP contribution is -2.10. The molecule has 0 aliphatic carbocycles. The Balaban J connectivity index is 1.55. The Morgan fingerprint density at radius 1 is 0.914 bits per heavy atom. The molecule has 2 aromatic heterocycles. The highest BCUT2D eigenvalue weighted by atomic mass is 16.5. The molecule has 0 aliphatic heterocycles. The van der Waals surface area contributed by atoms with E-state index < -0.39 is 5.97 Å². The monoisotopic (exact) mass is 463 g/mol. The van der Waals surface area contributed by atoms with Crippen molar-refractivity contribution in [1.29, 1.82) is 0 Å². The van der Waals surface area contributed by atoms with E-state index in [1.54, 1.807) is 36.7 Å². The smallest absolute Gasteiger partial charge is 0.335 e. The normalized spacial score (nSPS) is 11.0. The van der Waals surface area contributed by atoms with E-state index in [1.165, 1.54) is 16.7 Å². The zero-order valence-electron chi connectivity index (χ0n) is 19.6. The van der Waals surface area contributed by atoms with Crippen molar-refractivity contribution in [2.75, 3.05) is 0 Å². The van der Waals surface area contributed by atoms with Gasteiger partial charge in [0.2, 0.25) is 0 Å². The van der Waals surface area contributed by atoms with Crippen LogP contribution in [0.15, 0.2) is 85.2 Å². The van der Waals surface area contributed by atoms with Crippen molar-refractivity contribution in [3.63, 3.8) is 0 Å². The molecule has 0 aliphatic rings. The number of fused-ring (bicyclic) bond motifs is 1. The van der Waals surface area contributed by atoms with Gasteiger partial charge < -0.3 is 14.4 Å². The molecule has 0 saturated heterocycles. The second kappa shape index (κ2) is 9.43. The minimum absolute atomic E-state index is 0.225. The van der Waals surface area contributed by atoms with Crippen molar-refractivity contribution < 1.29 is 14.6 Å². The number of aromatic carboxylic acids is 1. The van der Waals surface area contributed by atoms with Crippen LogP contribution in [0.3, 0.4) is 0 Å². The Morgan fingerprint density at radius 3 is 2.31 bits per heavy atom. The first kappa shape index (κ1) is 22.3. The van der Waals surface area contributed by atoms with Crippen LogP contribution in [-0.2, 0) is 13.2 Å². The van der Waals surface area contributed by atoms with Gasteiger partial charge in [-0.1, -0.05) is 24.3 Å². The Hall–Kier alpha value is -4.45. The van der Waals surface area contributed by atoms with Gasteiger partial charge in [-0.05, 0) is 90.2 Å². The van der Waals surface area contributed by atoms with Crippen LogP contribution in [-0.4, -0.2) is 25.6 Å². The van der Waals surface area contributed by atoms with E-state index in [1.807, 2.05) is 18.2 Å². The van der Waals surface area contributed by atoms with Crippen molar-refractivity contribution in [3.8, 4) is 16.9 Å². The zero-order valence-corrected chi connectivity index (χ0v) is 19.6. The van der Waals surface area contributed by atoms with E-state index in [9.17, 15) is 4.79 Å². The molecule has 2 heterocycles. The van der Waals surface area contributed by atoms with Gasteiger partial charge in [0.15, 0.2) is 0 Å². The predicted molar refractivity (Wildman–Crippen MR) is 136 cm³/mol. The predicted octanol–water partition coefficient (Wildman–Crippen LogP) is 6.04. The van der Waals surface area contributed by atoms with Gasteiger partial charge in [-0.15, -0.1) is 0 Å². The van der Waals surface area contributed by atoms with Crippen molar-refractivity contribution in [2.24, 2.45) is 0 Å². The molecule has 0 bridgehead atoms. The van der Waals surface area contributed by atoms with Gasteiger partial charge in [-0.2, -0.15) is 0 Å². The maximum Gasteiger partial charge on any atom is 0.335 e. The maximum atomic E-state index is 11.1. The Labute approximate surface area is 203 Å². The summed E-state index contributed by atoms with van der Waals surface area (Å²) in [5.41, 5.74) is 8.06. The summed E-state index contributed by atoms with van der Waals surface area (Å²) in [5, 5.41) is 9.13. The Kier molecular flexibility index (Phi) is 6.02. The molecular formula is C29H25N3O3. The van der Waals surface area contributed by atoms with E-state index in [2.05, 4.69) is 53.7 Å². The van der Waals surface area contributed by atoms with Crippen LogP contribution in [0.2, 0.25) is 0 Å². The molecule has 0 spiro atoms. The average molecular weight is 464 g/mol. The van der Waals surface area contributed by atoms with Crippen molar-refractivity contribution in [2.45, 2.75) is 27.0 Å². The fourth-order valence-electron chi connectivity index (χ4n) is 4.28. The van der Waals surface area contributed by atoms with Gasteiger partial charge in [0.05, 0.1) is 16.6 Å². The van der Waals surface area contributed by atoms with Gasteiger partial charge in [0, 0.05) is 18.9 Å². The summed E-state index contributed by atoms with van der Waals surface area (Å²) >= 11 is 0. The van der Waals surface area contributed by atoms with Crippen molar-refractivity contribution in [3.05, 3.63) is 113 Å². The number of benzene rings is 3. The topological polar surface area (TPSA) is 77.2 Å². The zero-order chi connectivity index (χ0) is 24.4. The minimum atomic E-state index is -0.961. The lowest BCUT2D eigenvalue weighted by molar-refractivity contribution is 0.0697. The molecule has 1 N–H and O–H groups in total. The van der Waals surface area contributed by atoms with E-state index in [4.69, 9.17) is 14.8 Å². The standard InChI is InChI=1S/C29H25N3O3/c1-19-4-3-5-20(2)25(19)17-32-27-16-23(21-12-14-30-15-13-21)8-11-26(27)31-28(32)18-35-24-9-6-22(7-10-24)29(33)34/h3-16H,17-18H2,1-2H3,(H,33,34). The lowest BCUT2D eigenvalue weighted by atomic mass is 10.0. The van der Waals surface area contributed by atoms with Gasteiger partial charge in [0.1, 0.15) is 18.2 Å². The van der Waals surface area contributed by atoms with Gasteiger partial charge >= 0.3 is 5.97 Å². The average Bonchev–Trinajstić information content (AvgIpc) is 3.22. The van der Waals surface area contributed by atoms with Crippen molar-refractivity contribution >= 4 is 17.0 Å². The number of imidazole rings is 1. The number of pyridine rings is 1. The first-order chi connectivity index (χ1) is 17.0. The quantitative estimate of drug-likeness (QED) is 0.318. The third-order valence-electron chi connectivity index (χ3n) is 6.27. The number of hydrogen-bond donors (Lipinski definition) is 1. The molecule has 3 aromatic carbocycles. The molecule has 6 heteroatoms. The number of nitrogens with zero attached hydrogens (tertiary/aromatic N) is 3. The molecule has 0 radical (unpaired) electrons. The second-order valence-electron chi connectivity index (χ2n) is 8.54. The van der Waals surface area contributed by atoms with Crippen LogP contribution in [0.5, 0.6) is 5.75 Å². The van der Waals surface area contributed by atoms with Crippen LogP contribution in [0, 0.1) is 13.8 Å². The number of carboxylic acids is 1. The van der Waals surface area contributed by atoms with Crippen LogP contribution in [0.4, 0.5) is 0 Å². The lowest BCUT2D eigenvalue weighted by Gasteiger charge is -2.15. The second-order valence-corrected chi connectivity index (χ2v) is 8.54. The molecule has 0 atom stereocenters. The summed E-state index contributed by atoms with van der Waals surface area (Å²) in [4.78, 5) is 20.2. The summed E-state index contributed by atoms with van der Waals surface area (Å²) in [5.74, 6) is 0.437. The summed E-state index contributed by atoms with van der Waals surface area (Å²) in [6.07, 6.45) is 3.59. The number of hydrogen-bond acceptors (Lipinski definition) is 4. The number of aryl methyl sites for hydroxylation is 2. The number of ether oxygens (including phenoxy) is 1. The molecular weight excluding hydrogens is 438 g/mol. The van der Waals surface area contributed by atoms with Gasteiger partial charge in [-0.25, -0.2) is 9.78 Å². The largest absolute Gasteiger partial charge is 0.486 e. The van der Waals surface area contributed by atoms with Crippen LogP contribution in [0.25, 0.3) is 22.2 Å². The van der Waals surface area contributed by atoms with E-state index in [-0.39, 0.29) is 12.2 Å². The highest BCUT2D eigenvalue weighted by Gasteiger charge is 2.15. The maximum absolute atomic E-state index is 11.1. The summed E-state index contributed by atoms with van der Waals surface area (Å²) in [6, 6.07) is 23.0. The number of carbonyl (C=O) groups is 1. The molecule has 0 saturated carbocycles. The highest BCUT2D eigenvalue weighted by molar-refractivity contribution is 5.87. The Morgan fingerprint density at radius 2 is 1.63 bits per heavy atom. The SMILES string of the molecule is Cc1cccc(C)c1Cn1c(COc2ccc(C(=O)O)cc2)nc2ccc(-c3ccncc3)cc21.